The molecule has 0 saturated heterocycles. The van der Waals surface area contributed by atoms with Gasteiger partial charge >= 0.3 is 17.6 Å². The third-order valence-corrected chi connectivity index (χ3v) is 3.29. The number of benzene rings is 1. The van der Waals surface area contributed by atoms with Crippen molar-refractivity contribution in [2.75, 3.05) is 0 Å². The number of hydrogen-bond acceptors (Lipinski definition) is 4. The van der Waals surface area contributed by atoms with E-state index >= 15 is 0 Å². The first-order chi connectivity index (χ1) is 10.7. The van der Waals surface area contributed by atoms with Crippen LogP contribution in [-0.4, -0.2) is 14.1 Å². The van der Waals surface area contributed by atoms with E-state index in [1.54, 1.807) is 0 Å². The Morgan fingerprint density at radius 1 is 1.17 bits per heavy atom. The molecule has 0 aliphatic carbocycles. The van der Waals surface area contributed by atoms with Crippen LogP contribution in [-0.2, 0) is 13.2 Å². The molecule has 0 atom stereocenters. The van der Waals surface area contributed by atoms with Gasteiger partial charge in [0.05, 0.1) is 5.69 Å². The number of fused-ring (bicyclic) bond motifs is 1. The van der Waals surface area contributed by atoms with E-state index in [1.807, 2.05) is 0 Å². The lowest BCUT2D eigenvalue weighted by Crippen LogP contribution is -2.40. The first-order valence-corrected chi connectivity index (χ1v) is 6.22. The van der Waals surface area contributed by atoms with Gasteiger partial charge in [-0.15, -0.1) is 0 Å². The van der Waals surface area contributed by atoms with E-state index in [4.69, 9.17) is 4.42 Å². The summed E-state index contributed by atoms with van der Waals surface area (Å²) < 4.78 is 44.1. The monoisotopic (exact) mass is 327 g/mol. The minimum Gasteiger partial charge on any atom is -0.408 e. The maximum Gasteiger partial charge on any atom is 0.431 e. The summed E-state index contributed by atoms with van der Waals surface area (Å²) in [5.74, 6) is -0.816. The van der Waals surface area contributed by atoms with Crippen LogP contribution in [0.5, 0.6) is 0 Å². The number of aromatic amines is 1. The molecule has 0 aliphatic heterocycles. The number of aromatic nitrogens is 3. The minimum absolute atomic E-state index is 0.0384. The van der Waals surface area contributed by atoms with Gasteiger partial charge < -0.3 is 4.42 Å². The second kappa shape index (κ2) is 4.73. The summed E-state index contributed by atoms with van der Waals surface area (Å²) in [4.78, 5) is 37.8. The maximum absolute atomic E-state index is 12.8. The molecule has 0 spiro atoms. The average Bonchev–Trinajstić information content (AvgIpc) is 2.82. The number of oxazole rings is 1. The summed E-state index contributed by atoms with van der Waals surface area (Å²) in [6.45, 7) is 0. The van der Waals surface area contributed by atoms with Crippen LogP contribution in [0.3, 0.4) is 0 Å². The minimum atomic E-state index is -4.85. The van der Waals surface area contributed by atoms with Gasteiger partial charge in [0, 0.05) is 13.1 Å². The van der Waals surface area contributed by atoms with Gasteiger partial charge in [0.25, 0.3) is 5.56 Å². The number of alkyl halides is 3. The van der Waals surface area contributed by atoms with E-state index in [0.29, 0.717) is 15.2 Å². The van der Waals surface area contributed by atoms with Gasteiger partial charge in [-0.3, -0.25) is 14.3 Å². The van der Waals surface area contributed by atoms with Gasteiger partial charge in [-0.1, -0.05) is 6.07 Å². The summed E-state index contributed by atoms with van der Waals surface area (Å²) in [5.41, 5.74) is -3.70. The second-order valence-corrected chi connectivity index (χ2v) is 4.71. The van der Waals surface area contributed by atoms with Crippen LogP contribution in [0.15, 0.2) is 43.1 Å². The number of H-pyrrole nitrogens is 1. The fourth-order valence-corrected chi connectivity index (χ4v) is 2.26. The number of nitrogens with one attached hydrogen (secondary N) is 1. The molecule has 120 valence electrons. The predicted molar refractivity (Wildman–Crippen MR) is 72.7 cm³/mol. The Bertz CT molecular complexity index is 1080. The van der Waals surface area contributed by atoms with E-state index in [2.05, 4.69) is 4.98 Å². The number of para-hydroxylation sites is 1. The molecular weight excluding hydrogens is 319 g/mol. The molecule has 0 fully saturated rings. The van der Waals surface area contributed by atoms with Gasteiger partial charge in [-0.05, 0) is 12.1 Å². The Morgan fingerprint density at radius 2 is 1.87 bits per heavy atom. The molecule has 23 heavy (non-hydrogen) atoms. The molecule has 2 aromatic heterocycles. The van der Waals surface area contributed by atoms with E-state index in [1.165, 1.54) is 18.2 Å². The van der Waals surface area contributed by atoms with Crippen LogP contribution in [0.25, 0.3) is 16.8 Å². The van der Waals surface area contributed by atoms with Crippen molar-refractivity contribution in [2.45, 2.75) is 6.18 Å². The smallest absolute Gasteiger partial charge is 0.408 e. The predicted octanol–water partition coefficient (Wildman–Crippen LogP) is 0.989. The molecule has 7 nitrogen and oxygen atoms in total. The van der Waals surface area contributed by atoms with Crippen molar-refractivity contribution in [3.8, 4) is 5.69 Å². The first-order valence-electron chi connectivity index (χ1n) is 6.22. The highest BCUT2D eigenvalue weighted by atomic mass is 19.4. The van der Waals surface area contributed by atoms with E-state index in [0.717, 1.165) is 7.05 Å². The molecule has 3 rings (SSSR count). The number of halogens is 3. The lowest BCUT2D eigenvalue weighted by atomic mass is 10.2. The molecule has 0 amide bonds. The molecule has 3 aromatic rings. The average molecular weight is 327 g/mol. The van der Waals surface area contributed by atoms with Gasteiger partial charge in [-0.2, -0.15) is 13.2 Å². The van der Waals surface area contributed by atoms with Crippen molar-refractivity contribution in [1.82, 2.24) is 14.1 Å². The van der Waals surface area contributed by atoms with Crippen molar-refractivity contribution in [1.29, 1.82) is 0 Å². The van der Waals surface area contributed by atoms with Crippen LogP contribution >= 0.6 is 0 Å². The van der Waals surface area contributed by atoms with Crippen LogP contribution in [0.4, 0.5) is 13.2 Å². The Labute approximate surface area is 124 Å². The highest BCUT2D eigenvalue weighted by Gasteiger charge is 2.35. The van der Waals surface area contributed by atoms with Gasteiger partial charge in [0.2, 0.25) is 0 Å². The molecule has 0 saturated carbocycles. The molecule has 0 aliphatic rings. The second-order valence-electron chi connectivity index (χ2n) is 4.71. The number of nitrogens with zero attached hydrogens (tertiary/aromatic N) is 2. The van der Waals surface area contributed by atoms with E-state index < -0.39 is 28.9 Å². The van der Waals surface area contributed by atoms with Gasteiger partial charge in [-0.25, -0.2) is 14.2 Å². The van der Waals surface area contributed by atoms with Crippen molar-refractivity contribution in [2.24, 2.45) is 7.05 Å². The topological polar surface area (TPSA) is 90.0 Å². The molecule has 0 unspecified atom stereocenters. The third kappa shape index (κ3) is 2.28. The van der Waals surface area contributed by atoms with Crippen LogP contribution in [0.2, 0.25) is 0 Å². The fourth-order valence-electron chi connectivity index (χ4n) is 2.26. The fraction of sp³-hybridized carbons (Fsp3) is 0.154. The molecule has 0 bridgehead atoms. The Morgan fingerprint density at radius 3 is 2.52 bits per heavy atom. The lowest BCUT2D eigenvalue weighted by Gasteiger charge is -2.13. The summed E-state index contributed by atoms with van der Waals surface area (Å²) in [5, 5.41) is 0. The standard InChI is InChI=1S/C13H8F3N3O4/c1-18-8(13(14,15)16)5-9(20)19(12(18)22)6-3-2-4-7-10(6)17-11(21)23-7/h2-5H,1H3,(H,17,21). The molecule has 2 heterocycles. The van der Waals surface area contributed by atoms with Crippen molar-refractivity contribution in [3.63, 3.8) is 0 Å². The number of hydrogen-bond donors (Lipinski definition) is 1. The zero-order valence-electron chi connectivity index (χ0n) is 11.5. The molecule has 0 radical (unpaired) electrons. The quantitative estimate of drug-likeness (QED) is 0.722. The first kappa shape index (κ1) is 14.9. The van der Waals surface area contributed by atoms with Crippen LogP contribution in [0, 0.1) is 0 Å². The Hall–Kier alpha value is -3.04. The maximum atomic E-state index is 12.8. The third-order valence-electron chi connectivity index (χ3n) is 3.29. The summed E-state index contributed by atoms with van der Waals surface area (Å²) in [6, 6.07) is 4.44. The zero-order chi connectivity index (χ0) is 16.9. The highest BCUT2D eigenvalue weighted by molar-refractivity contribution is 5.81. The van der Waals surface area contributed by atoms with Crippen molar-refractivity contribution >= 4 is 11.1 Å². The normalized spacial score (nSPS) is 12.0. The summed E-state index contributed by atoms with van der Waals surface area (Å²) >= 11 is 0. The van der Waals surface area contributed by atoms with Crippen LogP contribution < -0.4 is 17.0 Å². The van der Waals surface area contributed by atoms with Gasteiger partial charge in [0.15, 0.2) is 5.58 Å². The largest absolute Gasteiger partial charge is 0.431 e. The number of rotatable bonds is 1. The van der Waals surface area contributed by atoms with E-state index in [-0.39, 0.29) is 16.8 Å². The molecular formula is C13H8F3N3O4. The SMILES string of the molecule is Cn1c(C(F)(F)F)cc(=O)n(-c2cccc3oc(=O)[nH]c23)c1=O. The molecule has 1 N–H and O–H groups in total. The highest BCUT2D eigenvalue weighted by Crippen LogP contribution is 2.27. The lowest BCUT2D eigenvalue weighted by molar-refractivity contribution is -0.144. The summed E-state index contributed by atoms with van der Waals surface area (Å²) in [7, 11) is 0.902. The Kier molecular flexibility index (Phi) is 3.06. The van der Waals surface area contributed by atoms with E-state index in [9.17, 15) is 27.6 Å². The zero-order valence-corrected chi connectivity index (χ0v) is 11.5. The van der Waals surface area contributed by atoms with Gasteiger partial charge in [0.1, 0.15) is 11.2 Å². The van der Waals surface area contributed by atoms with Crippen molar-refractivity contribution in [3.05, 3.63) is 61.3 Å². The molecule has 10 heteroatoms. The Balaban J connectivity index is 2.42. The summed E-state index contributed by atoms with van der Waals surface area (Å²) in [6.07, 6.45) is -4.85. The van der Waals surface area contributed by atoms with Crippen LogP contribution in [0.1, 0.15) is 5.69 Å². The van der Waals surface area contributed by atoms with Crippen molar-refractivity contribution < 1.29 is 17.6 Å². The molecule has 1 aromatic carbocycles.